The van der Waals surface area contributed by atoms with Crippen LogP contribution in [0.15, 0.2) is 57.0 Å². The van der Waals surface area contributed by atoms with Gasteiger partial charge in [-0.05, 0) is 48.9 Å². The van der Waals surface area contributed by atoms with Crippen molar-refractivity contribution in [3.05, 3.63) is 42.5 Å². The number of amides is 1. The Morgan fingerprint density at radius 3 is 2.65 bits per heavy atom. The van der Waals surface area contributed by atoms with Crippen molar-refractivity contribution in [1.29, 1.82) is 0 Å². The fourth-order valence-corrected chi connectivity index (χ4v) is 7.11. The molecular weight excluding hydrogens is 502 g/mol. The molecule has 1 atom stereocenters. The summed E-state index contributed by atoms with van der Waals surface area (Å²) in [5.74, 6) is 0.456. The molecule has 1 aromatic heterocycles. The first-order valence-corrected chi connectivity index (χ1v) is 14.5. The van der Waals surface area contributed by atoms with Gasteiger partial charge in [-0.15, -0.1) is 0 Å². The number of fused-ring (bicyclic) bond motifs is 1. The zero-order chi connectivity index (χ0) is 24.5. The Bertz CT molecular complexity index is 1420. The van der Waals surface area contributed by atoms with E-state index in [1.807, 2.05) is 0 Å². The highest BCUT2D eigenvalue weighted by molar-refractivity contribution is 7.99. The van der Waals surface area contributed by atoms with Gasteiger partial charge in [-0.1, -0.05) is 11.8 Å². The summed E-state index contributed by atoms with van der Waals surface area (Å²) in [5.41, 5.74) is 1.10. The lowest BCUT2D eigenvalue weighted by Gasteiger charge is -2.22. The van der Waals surface area contributed by atoms with E-state index in [4.69, 9.17) is 9.15 Å². The van der Waals surface area contributed by atoms with Crippen molar-refractivity contribution in [2.45, 2.75) is 22.6 Å². The SMILES string of the molecule is COc1ccc(NS(=O)(=O)c2ccc3oc(SCC(=O)N(C)[C@H]4CCS(=O)(=O)C4)nc3c2)cc1. The number of nitrogens with zero attached hydrogens (tertiary/aromatic N) is 2. The smallest absolute Gasteiger partial charge is 0.261 e. The van der Waals surface area contributed by atoms with E-state index >= 15 is 0 Å². The van der Waals surface area contributed by atoms with Crippen LogP contribution in [0.25, 0.3) is 11.1 Å². The zero-order valence-corrected chi connectivity index (χ0v) is 20.9. The van der Waals surface area contributed by atoms with Gasteiger partial charge in [0.2, 0.25) is 5.91 Å². The maximum Gasteiger partial charge on any atom is 0.261 e. The standard InChI is InChI=1S/C21H23N3O7S3/c1-24(15-9-10-33(26,27)13-15)20(25)12-32-21-22-18-11-17(7-8-19(18)31-21)34(28,29)23-14-3-5-16(30-2)6-4-14/h3-8,11,15,23H,9-10,12-13H2,1-2H3/t15-/m0/s1. The molecule has 13 heteroatoms. The van der Waals surface area contributed by atoms with E-state index in [0.29, 0.717) is 29.0 Å². The van der Waals surface area contributed by atoms with Gasteiger partial charge in [0, 0.05) is 18.8 Å². The molecule has 0 bridgehead atoms. The number of hydrogen-bond donors (Lipinski definition) is 1. The van der Waals surface area contributed by atoms with Gasteiger partial charge in [-0.2, -0.15) is 0 Å². The minimum atomic E-state index is -3.86. The molecule has 1 N–H and O–H groups in total. The van der Waals surface area contributed by atoms with Crippen LogP contribution in [0.1, 0.15) is 6.42 Å². The van der Waals surface area contributed by atoms with Crippen molar-refractivity contribution >= 4 is 54.3 Å². The maximum absolute atomic E-state index is 12.8. The van der Waals surface area contributed by atoms with Gasteiger partial charge < -0.3 is 14.1 Å². The molecule has 1 saturated heterocycles. The monoisotopic (exact) mass is 525 g/mol. The molecule has 1 fully saturated rings. The molecule has 4 rings (SSSR count). The quantitative estimate of drug-likeness (QED) is 0.440. The van der Waals surface area contributed by atoms with Crippen molar-refractivity contribution in [3.63, 3.8) is 0 Å². The lowest BCUT2D eigenvalue weighted by Crippen LogP contribution is -2.38. The second kappa shape index (κ2) is 9.47. The summed E-state index contributed by atoms with van der Waals surface area (Å²) in [4.78, 5) is 18.2. The molecule has 1 aliphatic rings. The normalized spacial score (nSPS) is 17.5. The van der Waals surface area contributed by atoms with Crippen molar-refractivity contribution < 1.29 is 30.8 Å². The predicted molar refractivity (Wildman–Crippen MR) is 128 cm³/mol. The average Bonchev–Trinajstić information content (AvgIpc) is 3.38. The molecule has 2 heterocycles. The summed E-state index contributed by atoms with van der Waals surface area (Å²) >= 11 is 1.07. The van der Waals surface area contributed by atoms with E-state index in [0.717, 1.165) is 11.8 Å². The number of carbonyl (C=O) groups excluding carboxylic acids is 1. The van der Waals surface area contributed by atoms with E-state index in [1.165, 1.54) is 30.2 Å². The molecule has 0 aliphatic carbocycles. The number of rotatable bonds is 8. The summed E-state index contributed by atoms with van der Waals surface area (Å²) in [6.07, 6.45) is 0.430. The summed E-state index contributed by atoms with van der Waals surface area (Å²) in [7, 11) is -3.84. The highest BCUT2D eigenvalue weighted by Crippen LogP contribution is 2.27. The topological polar surface area (TPSA) is 136 Å². The Balaban J connectivity index is 1.42. The Morgan fingerprint density at radius 1 is 1.26 bits per heavy atom. The first-order chi connectivity index (χ1) is 16.1. The van der Waals surface area contributed by atoms with E-state index < -0.39 is 19.9 Å². The molecule has 2 aromatic carbocycles. The number of anilines is 1. The number of nitrogens with one attached hydrogen (secondary N) is 1. The number of sulfonamides is 1. The molecule has 1 aliphatic heterocycles. The van der Waals surface area contributed by atoms with Gasteiger partial charge in [0.05, 0.1) is 29.3 Å². The van der Waals surface area contributed by atoms with Crippen LogP contribution in [0.2, 0.25) is 0 Å². The molecule has 3 aromatic rings. The van der Waals surface area contributed by atoms with Crippen molar-refractivity contribution in [3.8, 4) is 5.75 Å². The third-order valence-electron chi connectivity index (χ3n) is 5.46. The van der Waals surface area contributed by atoms with Crippen LogP contribution in [0.4, 0.5) is 5.69 Å². The van der Waals surface area contributed by atoms with Crippen molar-refractivity contribution in [1.82, 2.24) is 9.88 Å². The summed E-state index contributed by atoms with van der Waals surface area (Å²) < 4.78 is 62.0. The number of carbonyl (C=O) groups is 1. The zero-order valence-electron chi connectivity index (χ0n) is 18.4. The molecular formula is C21H23N3O7S3. The Kier molecular flexibility index (Phi) is 6.78. The summed E-state index contributed by atoms with van der Waals surface area (Å²) in [5, 5.41) is 0.216. The number of aromatic nitrogens is 1. The highest BCUT2D eigenvalue weighted by atomic mass is 32.2. The molecule has 10 nitrogen and oxygen atoms in total. The minimum Gasteiger partial charge on any atom is -0.497 e. The summed E-state index contributed by atoms with van der Waals surface area (Å²) in [6.45, 7) is 0. The number of thioether (sulfide) groups is 1. The third-order valence-corrected chi connectivity index (χ3v) is 9.40. The lowest BCUT2D eigenvalue weighted by atomic mass is 10.2. The molecule has 0 radical (unpaired) electrons. The van der Waals surface area contributed by atoms with Crippen LogP contribution >= 0.6 is 11.8 Å². The summed E-state index contributed by atoms with van der Waals surface area (Å²) in [6, 6.07) is 10.5. The van der Waals surface area contributed by atoms with Crippen molar-refractivity contribution in [2.75, 3.05) is 36.1 Å². The average molecular weight is 526 g/mol. The number of methoxy groups -OCH3 is 1. The minimum absolute atomic E-state index is 0.0129. The van der Waals surface area contributed by atoms with Gasteiger partial charge in [-0.25, -0.2) is 21.8 Å². The Labute approximate surface area is 201 Å². The number of sulfone groups is 1. The largest absolute Gasteiger partial charge is 0.497 e. The van der Waals surface area contributed by atoms with E-state index in [9.17, 15) is 21.6 Å². The van der Waals surface area contributed by atoms with Crippen LogP contribution in [0.3, 0.4) is 0 Å². The number of ether oxygens (including phenoxy) is 1. The lowest BCUT2D eigenvalue weighted by molar-refractivity contribution is -0.128. The van der Waals surface area contributed by atoms with Crippen molar-refractivity contribution in [2.24, 2.45) is 0 Å². The van der Waals surface area contributed by atoms with E-state index in [2.05, 4.69) is 9.71 Å². The number of benzene rings is 2. The van der Waals surface area contributed by atoms with Gasteiger partial charge in [0.1, 0.15) is 11.3 Å². The second-order valence-corrected chi connectivity index (χ2v) is 12.6. The highest BCUT2D eigenvalue weighted by Gasteiger charge is 2.32. The first kappa shape index (κ1) is 24.4. The molecule has 0 saturated carbocycles. The van der Waals surface area contributed by atoms with Crippen LogP contribution in [-0.2, 0) is 24.7 Å². The molecule has 182 valence electrons. The molecule has 34 heavy (non-hydrogen) atoms. The van der Waals surface area contributed by atoms with Crippen LogP contribution < -0.4 is 9.46 Å². The molecule has 0 unspecified atom stereocenters. The van der Waals surface area contributed by atoms with E-state index in [-0.39, 0.29) is 39.3 Å². The Hall–Kier alpha value is -2.77. The van der Waals surface area contributed by atoms with E-state index in [1.54, 1.807) is 31.3 Å². The fraction of sp³-hybridized carbons (Fsp3) is 0.333. The predicted octanol–water partition coefficient (Wildman–Crippen LogP) is 2.37. The van der Waals surface area contributed by atoms with Gasteiger partial charge in [-0.3, -0.25) is 9.52 Å². The van der Waals surface area contributed by atoms with Crippen LogP contribution in [0.5, 0.6) is 5.75 Å². The third kappa shape index (κ3) is 5.47. The number of oxazole rings is 1. The molecule has 1 amide bonds. The fourth-order valence-electron chi connectivity index (χ4n) is 3.50. The van der Waals surface area contributed by atoms with Crippen LogP contribution in [-0.4, -0.2) is 70.1 Å². The van der Waals surface area contributed by atoms with Gasteiger partial charge in [0.25, 0.3) is 15.2 Å². The van der Waals surface area contributed by atoms with Crippen LogP contribution in [0, 0.1) is 0 Å². The Morgan fingerprint density at radius 2 is 2.00 bits per heavy atom. The van der Waals surface area contributed by atoms with Gasteiger partial charge >= 0.3 is 0 Å². The first-order valence-electron chi connectivity index (χ1n) is 10.2. The number of hydrogen-bond acceptors (Lipinski definition) is 9. The molecule has 0 spiro atoms. The second-order valence-electron chi connectivity index (χ2n) is 7.79. The maximum atomic E-state index is 12.8. The van der Waals surface area contributed by atoms with Gasteiger partial charge in [0.15, 0.2) is 15.4 Å².